The predicted molar refractivity (Wildman–Crippen MR) is 158 cm³/mol. The van der Waals surface area contributed by atoms with Gasteiger partial charge in [0, 0.05) is 10.0 Å². The third-order valence-corrected chi connectivity index (χ3v) is 8.03. The van der Waals surface area contributed by atoms with E-state index in [2.05, 4.69) is 20.9 Å². The molecule has 0 bridgehead atoms. The first-order valence-corrected chi connectivity index (χ1v) is 14.4. The van der Waals surface area contributed by atoms with Crippen LogP contribution in [0.1, 0.15) is 36.6 Å². The highest BCUT2D eigenvalue weighted by molar-refractivity contribution is 9.10. The fourth-order valence-corrected chi connectivity index (χ4v) is 5.89. The molecule has 0 saturated carbocycles. The van der Waals surface area contributed by atoms with Gasteiger partial charge in [0.15, 0.2) is 16.3 Å². The van der Waals surface area contributed by atoms with Gasteiger partial charge < -0.3 is 14.2 Å². The molecule has 41 heavy (non-hydrogen) atoms. The number of ether oxygens (including phenoxy) is 3. The molecular weight excluding hydrogens is 611 g/mol. The average molecular weight is 638 g/mol. The van der Waals surface area contributed by atoms with Crippen molar-refractivity contribution in [3.63, 3.8) is 0 Å². The van der Waals surface area contributed by atoms with Crippen LogP contribution in [0.5, 0.6) is 11.5 Å². The number of nitrogens with zero attached hydrogens (tertiary/aromatic N) is 2. The number of fused-ring (bicyclic) bond motifs is 1. The number of hydrogen-bond acceptors (Lipinski definition) is 7. The fraction of sp³-hybridized carbons (Fsp3) is 0.194. The van der Waals surface area contributed by atoms with Crippen LogP contribution in [0.4, 0.5) is 4.39 Å². The van der Waals surface area contributed by atoms with Crippen molar-refractivity contribution in [2.45, 2.75) is 26.5 Å². The highest BCUT2D eigenvalue weighted by Gasteiger charge is 2.33. The van der Waals surface area contributed by atoms with Crippen molar-refractivity contribution in [1.29, 1.82) is 0 Å². The third-order valence-electron chi connectivity index (χ3n) is 6.52. The van der Waals surface area contributed by atoms with E-state index < -0.39 is 17.8 Å². The van der Waals surface area contributed by atoms with E-state index in [4.69, 9.17) is 14.2 Å². The molecule has 1 aliphatic rings. The van der Waals surface area contributed by atoms with Gasteiger partial charge in [-0.15, -0.1) is 0 Å². The van der Waals surface area contributed by atoms with E-state index in [0.717, 1.165) is 10.0 Å². The van der Waals surface area contributed by atoms with Gasteiger partial charge in [-0.2, -0.15) is 0 Å². The highest BCUT2D eigenvalue weighted by Crippen LogP contribution is 2.33. The molecule has 0 unspecified atom stereocenters. The maximum atomic E-state index is 13.9. The Balaban J connectivity index is 1.63. The van der Waals surface area contributed by atoms with E-state index in [1.54, 1.807) is 45.2 Å². The number of thiazole rings is 1. The van der Waals surface area contributed by atoms with Crippen molar-refractivity contribution in [3.8, 4) is 11.5 Å². The van der Waals surface area contributed by atoms with Crippen LogP contribution in [0.25, 0.3) is 6.08 Å². The summed E-state index contributed by atoms with van der Waals surface area (Å²) in [4.78, 5) is 32.0. The summed E-state index contributed by atoms with van der Waals surface area (Å²) in [5.41, 5.74) is 2.50. The molecule has 5 rings (SSSR count). The van der Waals surface area contributed by atoms with E-state index in [0.29, 0.717) is 44.3 Å². The number of methoxy groups -OCH3 is 1. The number of esters is 1. The number of carbonyl (C=O) groups excluding carboxylic acids is 1. The lowest BCUT2D eigenvalue weighted by atomic mass is 9.96. The van der Waals surface area contributed by atoms with Crippen molar-refractivity contribution in [2.75, 3.05) is 13.7 Å². The predicted octanol–water partition coefficient (Wildman–Crippen LogP) is 5.29. The summed E-state index contributed by atoms with van der Waals surface area (Å²) in [5.74, 6) is 0.0116. The van der Waals surface area contributed by atoms with Gasteiger partial charge in [0.25, 0.3) is 5.56 Å². The Bertz CT molecular complexity index is 1810. The maximum Gasteiger partial charge on any atom is 0.338 e. The van der Waals surface area contributed by atoms with Crippen LogP contribution in [0.3, 0.4) is 0 Å². The molecular formula is C31H26BrFN2O5S. The van der Waals surface area contributed by atoms with Gasteiger partial charge in [0.2, 0.25) is 0 Å². The standard InChI is InChI=1S/C31H26BrFN2O5S/c1-4-39-30(37)26-18(2)34-31-35(27(26)20-10-14-23(33)15-11-20)29(36)25(41-31)16-21-6-5-7-24(38-3)28(21)40-17-19-8-12-22(32)13-9-19/h5-16,27H,4,17H2,1-3H3/b25-16-/t27-/m0/s1. The molecule has 4 aromatic rings. The molecule has 0 spiro atoms. The number of hydrogen-bond donors (Lipinski definition) is 0. The minimum absolute atomic E-state index is 0.162. The van der Waals surface area contributed by atoms with Crippen LogP contribution in [0.15, 0.2) is 92.3 Å². The molecule has 10 heteroatoms. The summed E-state index contributed by atoms with van der Waals surface area (Å²) in [7, 11) is 1.56. The van der Waals surface area contributed by atoms with E-state index >= 15 is 0 Å². The number of aromatic nitrogens is 1. The Kier molecular flexibility index (Phi) is 8.51. The Hall–Kier alpha value is -4.02. The Morgan fingerprint density at radius 2 is 1.85 bits per heavy atom. The zero-order valence-electron chi connectivity index (χ0n) is 22.5. The molecule has 0 radical (unpaired) electrons. The number of allylic oxidation sites excluding steroid dienone is 1. The molecule has 0 saturated heterocycles. The normalized spacial score (nSPS) is 14.9. The number of carbonyl (C=O) groups is 1. The van der Waals surface area contributed by atoms with Crippen molar-refractivity contribution in [1.82, 2.24) is 4.57 Å². The second kappa shape index (κ2) is 12.2. The molecule has 3 aromatic carbocycles. The first kappa shape index (κ1) is 28.5. The van der Waals surface area contributed by atoms with Gasteiger partial charge in [0.1, 0.15) is 12.4 Å². The summed E-state index contributed by atoms with van der Waals surface area (Å²) in [6, 6.07) is 18.1. The number of halogens is 2. The summed E-state index contributed by atoms with van der Waals surface area (Å²) >= 11 is 4.63. The lowest BCUT2D eigenvalue weighted by Crippen LogP contribution is -2.39. The maximum absolute atomic E-state index is 13.9. The summed E-state index contributed by atoms with van der Waals surface area (Å²) < 4.78 is 33.7. The van der Waals surface area contributed by atoms with E-state index in [-0.39, 0.29) is 17.7 Å². The fourth-order valence-electron chi connectivity index (χ4n) is 4.59. The third kappa shape index (κ3) is 5.89. The molecule has 1 aliphatic heterocycles. The summed E-state index contributed by atoms with van der Waals surface area (Å²) in [5, 5.41) is 0. The van der Waals surface area contributed by atoms with Crippen LogP contribution in [0.2, 0.25) is 0 Å². The van der Waals surface area contributed by atoms with Gasteiger partial charge in [-0.1, -0.05) is 63.7 Å². The van der Waals surface area contributed by atoms with E-state index in [1.165, 1.54) is 28.0 Å². The summed E-state index contributed by atoms with van der Waals surface area (Å²) in [6.45, 7) is 3.87. The van der Waals surface area contributed by atoms with Gasteiger partial charge in [-0.3, -0.25) is 9.36 Å². The van der Waals surface area contributed by atoms with Crippen molar-refractivity contribution in [2.24, 2.45) is 4.99 Å². The van der Waals surface area contributed by atoms with Crippen LogP contribution in [-0.4, -0.2) is 24.3 Å². The van der Waals surface area contributed by atoms with Crippen molar-refractivity contribution in [3.05, 3.63) is 125 Å². The van der Waals surface area contributed by atoms with E-state index in [9.17, 15) is 14.0 Å². The van der Waals surface area contributed by atoms with Gasteiger partial charge in [0.05, 0.1) is 35.6 Å². The second-order valence-corrected chi connectivity index (χ2v) is 11.1. The monoisotopic (exact) mass is 636 g/mol. The number of para-hydroxylation sites is 1. The second-order valence-electron chi connectivity index (χ2n) is 9.15. The molecule has 2 heterocycles. The summed E-state index contributed by atoms with van der Waals surface area (Å²) in [6.07, 6.45) is 1.73. The minimum Gasteiger partial charge on any atom is -0.493 e. The Morgan fingerprint density at radius 3 is 2.54 bits per heavy atom. The van der Waals surface area contributed by atoms with Crippen molar-refractivity contribution < 1.29 is 23.4 Å². The average Bonchev–Trinajstić information content (AvgIpc) is 3.26. The lowest BCUT2D eigenvalue weighted by Gasteiger charge is -2.24. The van der Waals surface area contributed by atoms with E-state index in [1.807, 2.05) is 36.4 Å². The molecule has 1 atom stereocenters. The van der Waals surface area contributed by atoms with Crippen molar-refractivity contribution >= 4 is 39.3 Å². The molecule has 0 amide bonds. The zero-order valence-corrected chi connectivity index (χ0v) is 24.9. The SMILES string of the molecule is CCOC(=O)C1=C(C)N=c2s/c(=C\c3cccc(OC)c3OCc3ccc(Br)cc3)c(=O)n2[C@H]1c1ccc(F)cc1. The number of benzene rings is 3. The molecule has 1 aromatic heterocycles. The molecule has 0 aliphatic carbocycles. The highest BCUT2D eigenvalue weighted by atomic mass is 79.9. The van der Waals surface area contributed by atoms with Crippen LogP contribution >= 0.6 is 27.3 Å². The smallest absolute Gasteiger partial charge is 0.338 e. The van der Waals surface area contributed by atoms with Crippen LogP contribution < -0.4 is 24.4 Å². The van der Waals surface area contributed by atoms with Crippen LogP contribution in [-0.2, 0) is 16.1 Å². The molecule has 0 N–H and O–H groups in total. The number of rotatable bonds is 8. The van der Waals surface area contributed by atoms with Gasteiger partial charge >= 0.3 is 5.97 Å². The minimum atomic E-state index is -0.827. The first-order valence-electron chi connectivity index (χ1n) is 12.8. The topological polar surface area (TPSA) is 79.1 Å². The van der Waals surface area contributed by atoms with Gasteiger partial charge in [-0.25, -0.2) is 14.2 Å². The molecule has 210 valence electrons. The van der Waals surface area contributed by atoms with Gasteiger partial charge in [-0.05, 0) is 61.4 Å². The van der Waals surface area contributed by atoms with Crippen LogP contribution in [0, 0.1) is 5.82 Å². The zero-order chi connectivity index (χ0) is 29.1. The Morgan fingerprint density at radius 1 is 1.12 bits per heavy atom. The lowest BCUT2D eigenvalue weighted by molar-refractivity contribution is -0.139. The largest absolute Gasteiger partial charge is 0.493 e. The quantitative estimate of drug-likeness (QED) is 0.246. The molecule has 7 nitrogen and oxygen atoms in total. The molecule has 0 fully saturated rings. The Labute approximate surface area is 248 Å². The first-order chi connectivity index (χ1) is 19.8.